The molecule has 0 aliphatic carbocycles. The molecule has 1 aromatic heterocycles. The maximum absolute atomic E-state index is 13.0. The fourth-order valence-corrected chi connectivity index (χ4v) is 4.71. The maximum atomic E-state index is 13.0. The first-order valence-corrected chi connectivity index (χ1v) is 12.1. The quantitative estimate of drug-likeness (QED) is 0.260. The van der Waals surface area contributed by atoms with Crippen LogP contribution in [0.15, 0.2) is 68.9 Å². The second-order valence-electron chi connectivity index (χ2n) is 7.15. The van der Waals surface area contributed by atoms with Gasteiger partial charge in [0, 0.05) is 23.2 Å². The molecule has 0 unspecified atom stereocenters. The molecule has 2 heterocycles. The van der Waals surface area contributed by atoms with Crippen molar-refractivity contribution in [1.29, 1.82) is 0 Å². The zero-order chi connectivity index (χ0) is 24.2. The van der Waals surface area contributed by atoms with Crippen LogP contribution in [-0.4, -0.2) is 35.1 Å². The number of amidine groups is 1. The van der Waals surface area contributed by atoms with Crippen molar-refractivity contribution < 1.29 is 18.7 Å². The summed E-state index contributed by atoms with van der Waals surface area (Å²) in [5.41, 5.74) is 1.62. The third-order valence-corrected chi connectivity index (χ3v) is 6.45. The third kappa shape index (κ3) is 5.22. The molecule has 0 saturated carbocycles. The molecule has 1 aliphatic rings. The molecule has 1 fully saturated rings. The van der Waals surface area contributed by atoms with Crippen molar-refractivity contribution in [3.05, 3.63) is 80.9 Å². The normalized spacial score (nSPS) is 16.0. The summed E-state index contributed by atoms with van der Waals surface area (Å²) in [7, 11) is 0. The average Bonchev–Trinajstić information content (AvgIpc) is 3.40. The van der Waals surface area contributed by atoms with E-state index >= 15 is 0 Å². The first kappa shape index (κ1) is 24.1. The van der Waals surface area contributed by atoms with Gasteiger partial charge in [0.1, 0.15) is 11.5 Å². The number of halogens is 2. The summed E-state index contributed by atoms with van der Waals surface area (Å²) in [5.74, 6) is 0.461. The molecule has 0 bridgehead atoms. The minimum atomic E-state index is -0.416. The molecule has 1 amide bonds. The number of amides is 1. The second kappa shape index (κ2) is 10.5. The smallest absolute Gasteiger partial charge is 0.338 e. The van der Waals surface area contributed by atoms with E-state index in [1.165, 1.54) is 11.8 Å². The number of hydrogen-bond acceptors (Lipinski definition) is 6. The standard InChI is InChI=1S/C25H20Cl2N2O4S/c1-3-29-23(30)22(14-18-9-11-21(33-18)19-13-16(26)8-10-20(19)27)34-25(29)28-17-7-5-6-15(12-17)24(31)32-4-2/h5-14H,3-4H2,1-2H3. The monoisotopic (exact) mass is 514 g/mol. The van der Waals surface area contributed by atoms with Gasteiger partial charge in [-0.2, -0.15) is 0 Å². The summed E-state index contributed by atoms with van der Waals surface area (Å²) in [6.07, 6.45) is 1.68. The Morgan fingerprint density at radius 2 is 1.97 bits per heavy atom. The number of hydrogen-bond donors (Lipinski definition) is 0. The molecule has 174 valence electrons. The van der Waals surface area contributed by atoms with Crippen LogP contribution in [0.2, 0.25) is 10.0 Å². The molecule has 3 aromatic rings. The van der Waals surface area contributed by atoms with E-state index in [1.807, 2.05) is 6.92 Å². The first-order valence-electron chi connectivity index (χ1n) is 10.5. The van der Waals surface area contributed by atoms with Crippen LogP contribution in [0.25, 0.3) is 17.4 Å². The molecule has 0 N–H and O–H groups in total. The van der Waals surface area contributed by atoms with Crippen molar-refractivity contribution in [2.45, 2.75) is 13.8 Å². The zero-order valence-electron chi connectivity index (χ0n) is 18.4. The molecular formula is C25H20Cl2N2O4S. The molecule has 34 heavy (non-hydrogen) atoms. The molecule has 9 heteroatoms. The highest BCUT2D eigenvalue weighted by Gasteiger charge is 2.32. The van der Waals surface area contributed by atoms with E-state index in [2.05, 4.69) is 4.99 Å². The highest BCUT2D eigenvalue weighted by molar-refractivity contribution is 8.18. The fraction of sp³-hybridized carbons (Fsp3) is 0.160. The van der Waals surface area contributed by atoms with Gasteiger partial charge in [-0.05, 0) is 74.1 Å². The number of benzene rings is 2. The molecule has 0 atom stereocenters. The Bertz CT molecular complexity index is 1320. The van der Waals surface area contributed by atoms with Crippen molar-refractivity contribution >= 4 is 63.8 Å². The lowest BCUT2D eigenvalue weighted by Gasteiger charge is -2.12. The van der Waals surface area contributed by atoms with Gasteiger partial charge in [0.2, 0.25) is 0 Å². The minimum absolute atomic E-state index is 0.175. The fourth-order valence-electron chi connectivity index (χ4n) is 3.29. The lowest BCUT2D eigenvalue weighted by Crippen LogP contribution is -2.28. The number of aliphatic imine (C=N–C) groups is 1. The Morgan fingerprint density at radius 3 is 2.74 bits per heavy atom. The number of nitrogens with zero attached hydrogens (tertiary/aromatic N) is 2. The van der Waals surface area contributed by atoms with E-state index < -0.39 is 5.97 Å². The summed E-state index contributed by atoms with van der Waals surface area (Å²) >= 11 is 13.6. The second-order valence-corrected chi connectivity index (χ2v) is 9.00. The van der Waals surface area contributed by atoms with Crippen LogP contribution >= 0.6 is 35.0 Å². The molecular weight excluding hydrogens is 495 g/mol. The van der Waals surface area contributed by atoms with Crippen LogP contribution in [-0.2, 0) is 9.53 Å². The van der Waals surface area contributed by atoms with Gasteiger partial charge in [-0.3, -0.25) is 9.69 Å². The molecule has 4 rings (SSSR count). The van der Waals surface area contributed by atoms with E-state index in [4.69, 9.17) is 32.4 Å². The van der Waals surface area contributed by atoms with E-state index in [9.17, 15) is 9.59 Å². The molecule has 0 radical (unpaired) electrons. The predicted octanol–water partition coefficient (Wildman–Crippen LogP) is 7.05. The van der Waals surface area contributed by atoms with Crippen LogP contribution < -0.4 is 0 Å². The number of carbonyl (C=O) groups is 2. The highest BCUT2D eigenvalue weighted by Crippen LogP contribution is 2.36. The number of rotatable bonds is 6. The van der Waals surface area contributed by atoms with Crippen molar-refractivity contribution in [2.75, 3.05) is 13.2 Å². The van der Waals surface area contributed by atoms with Crippen molar-refractivity contribution in [1.82, 2.24) is 4.90 Å². The van der Waals surface area contributed by atoms with Crippen molar-refractivity contribution in [3.8, 4) is 11.3 Å². The van der Waals surface area contributed by atoms with E-state index in [-0.39, 0.29) is 12.5 Å². The summed E-state index contributed by atoms with van der Waals surface area (Å²) < 4.78 is 11.0. The highest BCUT2D eigenvalue weighted by atomic mass is 35.5. The van der Waals surface area contributed by atoms with Crippen LogP contribution in [0, 0.1) is 0 Å². The van der Waals surface area contributed by atoms with Crippen LogP contribution in [0.3, 0.4) is 0 Å². The molecule has 1 saturated heterocycles. The van der Waals surface area contributed by atoms with Gasteiger partial charge in [0.15, 0.2) is 5.17 Å². The lowest BCUT2D eigenvalue weighted by molar-refractivity contribution is -0.122. The van der Waals surface area contributed by atoms with Gasteiger partial charge >= 0.3 is 5.97 Å². The SMILES string of the molecule is CCOC(=O)c1cccc(N=C2SC(=Cc3ccc(-c4cc(Cl)ccc4Cl)o3)C(=O)N2CC)c1. The maximum Gasteiger partial charge on any atom is 0.338 e. The average molecular weight is 515 g/mol. The summed E-state index contributed by atoms with van der Waals surface area (Å²) in [6.45, 7) is 4.36. The predicted molar refractivity (Wildman–Crippen MR) is 137 cm³/mol. The van der Waals surface area contributed by atoms with Gasteiger partial charge in [-0.1, -0.05) is 29.3 Å². The van der Waals surface area contributed by atoms with Crippen LogP contribution in [0.5, 0.6) is 0 Å². The number of ether oxygens (including phenoxy) is 1. The minimum Gasteiger partial charge on any atom is -0.462 e. The van der Waals surface area contributed by atoms with E-state index in [0.717, 1.165) is 0 Å². The Hall–Kier alpha value is -3.00. The Morgan fingerprint density at radius 1 is 1.15 bits per heavy atom. The van der Waals surface area contributed by atoms with Gasteiger partial charge < -0.3 is 9.15 Å². The number of thioether (sulfide) groups is 1. The van der Waals surface area contributed by atoms with Crippen molar-refractivity contribution in [3.63, 3.8) is 0 Å². The lowest BCUT2D eigenvalue weighted by atomic mass is 10.2. The Labute approximate surface area is 211 Å². The van der Waals surface area contributed by atoms with Gasteiger partial charge in [0.05, 0.1) is 27.8 Å². The molecule has 6 nitrogen and oxygen atoms in total. The van der Waals surface area contributed by atoms with Crippen LogP contribution in [0.1, 0.15) is 30.0 Å². The molecule has 2 aromatic carbocycles. The summed E-state index contributed by atoms with van der Waals surface area (Å²) in [5, 5.41) is 1.58. The Kier molecular flexibility index (Phi) is 7.46. The third-order valence-electron chi connectivity index (χ3n) is 4.88. The topological polar surface area (TPSA) is 72.1 Å². The zero-order valence-corrected chi connectivity index (χ0v) is 20.7. The van der Waals surface area contributed by atoms with Gasteiger partial charge in [0.25, 0.3) is 5.91 Å². The van der Waals surface area contributed by atoms with Crippen LogP contribution in [0.4, 0.5) is 5.69 Å². The number of carbonyl (C=O) groups excluding carboxylic acids is 2. The molecule has 1 aliphatic heterocycles. The largest absolute Gasteiger partial charge is 0.462 e. The van der Waals surface area contributed by atoms with E-state index in [1.54, 1.807) is 72.5 Å². The number of furan rings is 1. The number of esters is 1. The summed E-state index contributed by atoms with van der Waals surface area (Å²) in [4.78, 5) is 31.7. The van der Waals surface area contributed by atoms with Gasteiger partial charge in [-0.15, -0.1) is 0 Å². The number of likely N-dealkylation sites (N-methyl/N-ethyl adjacent to an activating group) is 1. The Balaban J connectivity index is 1.61. The molecule has 0 spiro atoms. The van der Waals surface area contributed by atoms with Crippen molar-refractivity contribution in [2.24, 2.45) is 4.99 Å². The summed E-state index contributed by atoms with van der Waals surface area (Å²) in [6, 6.07) is 15.5. The van der Waals surface area contributed by atoms with Gasteiger partial charge in [-0.25, -0.2) is 9.79 Å². The first-order chi connectivity index (χ1) is 16.4. The van der Waals surface area contributed by atoms with E-state index in [0.29, 0.717) is 55.0 Å².